The molecule has 2 aromatic rings. The van der Waals surface area contributed by atoms with Crippen LogP contribution in [0.1, 0.15) is 49.3 Å². The van der Waals surface area contributed by atoms with E-state index < -0.39 is 0 Å². The summed E-state index contributed by atoms with van der Waals surface area (Å²) >= 11 is 0. The molecular formula is C20H22O3. The van der Waals surface area contributed by atoms with Crippen molar-refractivity contribution in [3.63, 3.8) is 0 Å². The molecule has 0 aromatic heterocycles. The molecule has 0 radical (unpaired) electrons. The third-order valence-corrected chi connectivity index (χ3v) is 5.54. The molecule has 4 atom stereocenters. The van der Waals surface area contributed by atoms with Gasteiger partial charge in [-0.1, -0.05) is 25.5 Å². The fourth-order valence-electron chi connectivity index (χ4n) is 4.34. The number of hydrogen-bond donors (Lipinski definition) is 2. The molecule has 2 aliphatic rings. The van der Waals surface area contributed by atoms with Crippen LogP contribution >= 0.6 is 0 Å². The summed E-state index contributed by atoms with van der Waals surface area (Å²) < 4.78 is 6.33. The molecule has 1 aliphatic heterocycles. The number of rotatable bonds is 2. The Bertz CT molecular complexity index is 707. The van der Waals surface area contributed by atoms with Gasteiger partial charge in [0.2, 0.25) is 0 Å². The van der Waals surface area contributed by atoms with Crippen molar-refractivity contribution in [2.24, 2.45) is 11.8 Å². The fourth-order valence-corrected chi connectivity index (χ4v) is 4.34. The number of phenols is 2. The molecule has 1 fully saturated rings. The number of hydrogen-bond acceptors (Lipinski definition) is 3. The lowest BCUT2D eigenvalue weighted by Gasteiger charge is -2.36. The van der Waals surface area contributed by atoms with Gasteiger partial charge >= 0.3 is 0 Å². The molecule has 1 aliphatic carbocycles. The van der Waals surface area contributed by atoms with Gasteiger partial charge < -0.3 is 14.9 Å². The number of aromatic hydroxyl groups is 2. The maximum Gasteiger partial charge on any atom is 0.127 e. The Morgan fingerprint density at radius 2 is 1.74 bits per heavy atom. The van der Waals surface area contributed by atoms with Crippen molar-refractivity contribution < 1.29 is 14.9 Å². The number of phenolic OH excluding ortho intramolecular Hbond substituents is 2. The maximum absolute atomic E-state index is 9.86. The molecule has 3 heteroatoms. The zero-order valence-electron chi connectivity index (χ0n) is 13.3. The van der Waals surface area contributed by atoms with Gasteiger partial charge in [-0.3, -0.25) is 0 Å². The van der Waals surface area contributed by atoms with Gasteiger partial charge in [-0.2, -0.15) is 0 Å². The zero-order chi connectivity index (χ0) is 16.0. The van der Waals surface area contributed by atoms with Crippen LogP contribution in [0.25, 0.3) is 0 Å². The lowest BCUT2D eigenvalue weighted by atomic mass is 9.80. The van der Waals surface area contributed by atoms with Crippen LogP contribution in [0.15, 0.2) is 42.5 Å². The molecule has 3 nitrogen and oxygen atoms in total. The molecule has 0 amide bonds. The minimum absolute atomic E-state index is 0.0224. The molecule has 1 heterocycles. The second-order valence-corrected chi connectivity index (χ2v) is 6.87. The van der Waals surface area contributed by atoms with Crippen molar-refractivity contribution in [1.29, 1.82) is 0 Å². The Hall–Kier alpha value is -2.16. The number of ether oxygens (including phenoxy) is 1. The SMILES string of the molecule is CC[C@H]1C[C@@H]2[C@H](C1)c1cc(O)ccc1O[C@@H]2c1ccc(O)cc1. The van der Waals surface area contributed by atoms with Gasteiger partial charge in [-0.15, -0.1) is 0 Å². The highest BCUT2D eigenvalue weighted by atomic mass is 16.5. The first-order chi connectivity index (χ1) is 11.2. The van der Waals surface area contributed by atoms with Crippen molar-refractivity contribution in [3.05, 3.63) is 53.6 Å². The van der Waals surface area contributed by atoms with Gasteiger partial charge in [0, 0.05) is 11.5 Å². The Balaban J connectivity index is 1.76. The van der Waals surface area contributed by atoms with Crippen LogP contribution in [0.2, 0.25) is 0 Å². The summed E-state index contributed by atoms with van der Waals surface area (Å²) in [6.07, 6.45) is 3.52. The highest BCUT2D eigenvalue weighted by molar-refractivity contribution is 5.46. The quantitative estimate of drug-likeness (QED) is 0.841. The molecule has 0 bridgehead atoms. The smallest absolute Gasteiger partial charge is 0.127 e. The molecular weight excluding hydrogens is 288 g/mol. The molecule has 4 rings (SSSR count). The third kappa shape index (κ3) is 2.44. The van der Waals surface area contributed by atoms with Crippen molar-refractivity contribution in [3.8, 4) is 17.2 Å². The van der Waals surface area contributed by atoms with Gasteiger partial charge in [0.25, 0.3) is 0 Å². The normalized spacial score (nSPS) is 28.7. The van der Waals surface area contributed by atoms with Gasteiger partial charge in [0.05, 0.1) is 0 Å². The van der Waals surface area contributed by atoms with E-state index in [4.69, 9.17) is 4.74 Å². The van der Waals surface area contributed by atoms with Crippen LogP contribution in [0.5, 0.6) is 17.2 Å². The summed E-state index contributed by atoms with van der Waals surface area (Å²) in [6, 6.07) is 12.8. The van der Waals surface area contributed by atoms with Crippen LogP contribution in [0.3, 0.4) is 0 Å². The van der Waals surface area contributed by atoms with Crippen LogP contribution < -0.4 is 4.74 Å². The Morgan fingerprint density at radius 3 is 2.48 bits per heavy atom. The predicted molar refractivity (Wildman–Crippen MR) is 88.8 cm³/mol. The predicted octanol–water partition coefficient (Wildman–Crippen LogP) is 4.75. The van der Waals surface area contributed by atoms with E-state index in [-0.39, 0.29) is 11.9 Å². The van der Waals surface area contributed by atoms with E-state index in [1.54, 1.807) is 18.2 Å². The number of benzene rings is 2. The highest BCUT2D eigenvalue weighted by Gasteiger charge is 2.45. The van der Waals surface area contributed by atoms with E-state index in [0.29, 0.717) is 23.5 Å². The molecule has 23 heavy (non-hydrogen) atoms. The van der Waals surface area contributed by atoms with E-state index in [0.717, 1.165) is 29.7 Å². The Morgan fingerprint density at radius 1 is 1.00 bits per heavy atom. The summed E-state index contributed by atoms with van der Waals surface area (Å²) in [5.74, 6) is 3.06. The summed E-state index contributed by atoms with van der Waals surface area (Å²) in [5, 5.41) is 19.4. The second kappa shape index (κ2) is 5.48. The fraction of sp³-hybridized carbons (Fsp3) is 0.400. The molecule has 1 saturated carbocycles. The lowest BCUT2D eigenvalue weighted by Crippen LogP contribution is -2.26. The molecule has 2 aromatic carbocycles. The molecule has 2 N–H and O–H groups in total. The first-order valence-electron chi connectivity index (χ1n) is 8.44. The molecule has 120 valence electrons. The van der Waals surface area contributed by atoms with E-state index in [1.165, 1.54) is 6.42 Å². The van der Waals surface area contributed by atoms with Crippen LogP contribution in [-0.4, -0.2) is 10.2 Å². The minimum Gasteiger partial charge on any atom is -0.508 e. The maximum atomic E-state index is 9.86. The highest BCUT2D eigenvalue weighted by Crippen LogP contribution is 2.56. The van der Waals surface area contributed by atoms with Gasteiger partial charge in [0.15, 0.2) is 0 Å². The second-order valence-electron chi connectivity index (χ2n) is 6.87. The van der Waals surface area contributed by atoms with Crippen LogP contribution in [0.4, 0.5) is 0 Å². The first-order valence-corrected chi connectivity index (χ1v) is 8.44. The average molecular weight is 310 g/mol. The van der Waals surface area contributed by atoms with E-state index in [1.807, 2.05) is 24.3 Å². The Labute approximate surface area is 136 Å². The van der Waals surface area contributed by atoms with Crippen LogP contribution in [-0.2, 0) is 0 Å². The lowest BCUT2D eigenvalue weighted by molar-refractivity contribution is 0.103. The van der Waals surface area contributed by atoms with E-state index in [9.17, 15) is 10.2 Å². The first kappa shape index (κ1) is 14.4. The Kier molecular flexibility index (Phi) is 3.44. The largest absolute Gasteiger partial charge is 0.508 e. The third-order valence-electron chi connectivity index (χ3n) is 5.54. The van der Waals surface area contributed by atoms with Crippen LogP contribution in [0, 0.1) is 11.8 Å². The van der Waals surface area contributed by atoms with E-state index >= 15 is 0 Å². The summed E-state index contributed by atoms with van der Waals surface area (Å²) in [5.41, 5.74) is 2.27. The molecule has 0 saturated heterocycles. The van der Waals surface area contributed by atoms with Crippen molar-refractivity contribution in [2.75, 3.05) is 0 Å². The molecule has 0 unspecified atom stereocenters. The number of fused-ring (bicyclic) bond motifs is 3. The monoisotopic (exact) mass is 310 g/mol. The van der Waals surface area contributed by atoms with Crippen molar-refractivity contribution in [1.82, 2.24) is 0 Å². The summed E-state index contributed by atoms with van der Waals surface area (Å²) in [4.78, 5) is 0. The molecule has 0 spiro atoms. The van der Waals surface area contributed by atoms with E-state index in [2.05, 4.69) is 6.92 Å². The van der Waals surface area contributed by atoms with Gasteiger partial charge in [-0.25, -0.2) is 0 Å². The van der Waals surface area contributed by atoms with Crippen molar-refractivity contribution >= 4 is 0 Å². The summed E-state index contributed by atoms with van der Waals surface area (Å²) in [6.45, 7) is 2.25. The van der Waals surface area contributed by atoms with Gasteiger partial charge in [0.1, 0.15) is 23.4 Å². The van der Waals surface area contributed by atoms with Crippen molar-refractivity contribution in [2.45, 2.75) is 38.2 Å². The topological polar surface area (TPSA) is 49.7 Å². The van der Waals surface area contributed by atoms with Gasteiger partial charge in [-0.05, 0) is 60.6 Å². The average Bonchev–Trinajstić information content (AvgIpc) is 3.00. The summed E-state index contributed by atoms with van der Waals surface area (Å²) in [7, 11) is 0. The zero-order valence-corrected chi connectivity index (χ0v) is 13.3. The standard InChI is InChI=1S/C20H22O3/c1-2-12-9-16-17-11-15(22)7-8-19(17)23-20(18(16)10-12)13-3-5-14(21)6-4-13/h3-8,11-12,16,18,20-22H,2,9-10H2,1H3/t12-,16-,18-,20-/m1/s1. The minimum atomic E-state index is 0.0224.